The Hall–Kier alpha value is -2.14. The fourth-order valence-corrected chi connectivity index (χ4v) is 2.30. The van der Waals surface area contributed by atoms with Crippen molar-refractivity contribution in [1.29, 1.82) is 0 Å². The van der Waals surface area contributed by atoms with Crippen LogP contribution in [0.2, 0.25) is 0 Å². The molecule has 0 saturated carbocycles. The number of aromatic nitrogens is 2. The van der Waals surface area contributed by atoms with Gasteiger partial charge >= 0.3 is 0 Å². The summed E-state index contributed by atoms with van der Waals surface area (Å²) in [5.74, 6) is -0.134. The topological polar surface area (TPSA) is 72.9 Å². The minimum absolute atomic E-state index is 0.134. The van der Waals surface area contributed by atoms with Crippen molar-refractivity contribution in [3.63, 3.8) is 0 Å². The summed E-state index contributed by atoms with van der Waals surface area (Å²) in [6, 6.07) is 9.26. The van der Waals surface area contributed by atoms with E-state index in [4.69, 9.17) is 5.73 Å². The Kier molecular flexibility index (Phi) is 5.11. The highest BCUT2D eigenvalue weighted by Crippen LogP contribution is 2.07. The largest absolute Gasteiger partial charge is 0.351 e. The molecule has 1 heterocycles. The number of benzene rings is 1. The summed E-state index contributed by atoms with van der Waals surface area (Å²) in [5, 5.41) is 7.24. The predicted octanol–water partition coefficient (Wildman–Crippen LogP) is 1.17. The number of rotatable bonds is 6. The van der Waals surface area contributed by atoms with Gasteiger partial charge in [-0.15, -0.1) is 0 Å². The van der Waals surface area contributed by atoms with Crippen LogP contribution in [0, 0.1) is 0 Å². The van der Waals surface area contributed by atoms with Crippen LogP contribution in [0.5, 0.6) is 0 Å². The molecular weight excluding hydrogens is 264 g/mol. The summed E-state index contributed by atoms with van der Waals surface area (Å²) < 4.78 is 1.77. The van der Waals surface area contributed by atoms with Gasteiger partial charge in [0.2, 0.25) is 5.91 Å². The molecule has 0 radical (unpaired) electrons. The molecular formula is C16H22N4O. The number of aryl methyl sites for hydroxylation is 2. The summed E-state index contributed by atoms with van der Waals surface area (Å²) >= 11 is 0. The number of hydrogen-bond acceptors (Lipinski definition) is 3. The van der Waals surface area contributed by atoms with Gasteiger partial charge in [-0.05, 0) is 18.4 Å². The van der Waals surface area contributed by atoms with Gasteiger partial charge in [0, 0.05) is 25.4 Å². The monoisotopic (exact) mass is 286 g/mol. The summed E-state index contributed by atoms with van der Waals surface area (Å²) in [5.41, 5.74) is 9.07. The molecule has 0 saturated heterocycles. The van der Waals surface area contributed by atoms with E-state index in [-0.39, 0.29) is 5.91 Å². The molecule has 21 heavy (non-hydrogen) atoms. The average molecular weight is 286 g/mol. The van der Waals surface area contributed by atoms with Crippen LogP contribution >= 0.6 is 0 Å². The Labute approximate surface area is 125 Å². The molecule has 2 rings (SSSR count). The molecule has 0 aliphatic carbocycles. The molecule has 0 fully saturated rings. The van der Waals surface area contributed by atoms with Crippen molar-refractivity contribution >= 4 is 5.91 Å². The highest BCUT2D eigenvalue weighted by atomic mass is 16.2. The number of amides is 1. The van der Waals surface area contributed by atoms with Crippen LogP contribution in [0.15, 0.2) is 36.5 Å². The van der Waals surface area contributed by atoms with E-state index in [1.165, 1.54) is 0 Å². The minimum Gasteiger partial charge on any atom is -0.351 e. The lowest BCUT2D eigenvalue weighted by molar-refractivity contribution is -0.122. The molecule has 5 nitrogen and oxygen atoms in total. The minimum atomic E-state index is -0.533. The first-order chi connectivity index (χ1) is 10.1. The molecule has 1 amide bonds. The first-order valence-corrected chi connectivity index (χ1v) is 7.18. The molecule has 1 aromatic carbocycles. The van der Waals surface area contributed by atoms with Gasteiger partial charge in [-0.25, -0.2) is 0 Å². The number of nitrogens with two attached hydrogens (primary N) is 1. The van der Waals surface area contributed by atoms with E-state index in [0.717, 1.165) is 23.2 Å². The van der Waals surface area contributed by atoms with Crippen LogP contribution < -0.4 is 11.1 Å². The zero-order valence-electron chi connectivity index (χ0n) is 12.5. The lowest BCUT2D eigenvalue weighted by Crippen LogP contribution is -2.41. The number of nitrogens with one attached hydrogen (secondary N) is 1. The molecule has 0 unspecified atom stereocenters. The van der Waals surface area contributed by atoms with Crippen molar-refractivity contribution < 1.29 is 4.79 Å². The maximum absolute atomic E-state index is 12.1. The Balaban J connectivity index is 1.89. The zero-order chi connectivity index (χ0) is 15.2. The van der Waals surface area contributed by atoms with Crippen LogP contribution in [0.4, 0.5) is 0 Å². The van der Waals surface area contributed by atoms with Gasteiger partial charge < -0.3 is 11.1 Å². The molecule has 0 spiro atoms. The lowest BCUT2D eigenvalue weighted by Gasteiger charge is -2.12. The first-order valence-electron chi connectivity index (χ1n) is 7.18. The van der Waals surface area contributed by atoms with Gasteiger partial charge in [0.25, 0.3) is 0 Å². The maximum atomic E-state index is 12.1. The van der Waals surface area contributed by atoms with E-state index in [1.54, 1.807) is 4.68 Å². The zero-order valence-corrected chi connectivity index (χ0v) is 12.5. The number of nitrogens with zero attached hydrogens (tertiary/aromatic N) is 2. The Bertz CT molecular complexity index is 592. The van der Waals surface area contributed by atoms with Crippen LogP contribution in [-0.4, -0.2) is 21.7 Å². The van der Waals surface area contributed by atoms with Gasteiger partial charge in [-0.2, -0.15) is 5.10 Å². The second kappa shape index (κ2) is 7.04. The molecule has 2 aromatic rings. The third kappa shape index (κ3) is 4.16. The molecule has 1 aromatic heterocycles. The van der Waals surface area contributed by atoms with Crippen molar-refractivity contribution in [2.24, 2.45) is 12.8 Å². The van der Waals surface area contributed by atoms with Crippen molar-refractivity contribution in [3.8, 4) is 0 Å². The van der Waals surface area contributed by atoms with Crippen LogP contribution in [0.3, 0.4) is 0 Å². The standard InChI is InChI=1S/C16H22N4O/c1-3-15-13(11-20(2)19-15)10-18-16(21)14(17)9-12-7-5-4-6-8-12/h4-8,11,14H,3,9-10,17H2,1-2H3,(H,18,21)/t14-/m1/s1. The van der Waals surface area contributed by atoms with Gasteiger partial charge in [0.1, 0.15) is 0 Å². The second-order valence-electron chi connectivity index (χ2n) is 5.14. The third-order valence-electron chi connectivity index (χ3n) is 3.41. The van der Waals surface area contributed by atoms with Gasteiger partial charge in [-0.3, -0.25) is 9.48 Å². The van der Waals surface area contributed by atoms with Crippen LogP contribution in [0.25, 0.3) is 0 Å². The first kappa shape index (κ1) is 15.3. The average Bonchev–Trinajstić information content (AvgIpc) is 2.85. The Morgan fingerprint density at radius 2 is 2.10 bits per heavy atom. The summed E-state index contributed by atoms with van der Waals surface area (Å²) in [4.78, 5) is 12.1. The van der Waals surface area contributed by atoms with E-state index in [0.29, 0.717) is 13.0 Å². The highest BCUT2D eigenvalue weighted by molar-refractivity contribution is 5.81. The second-order valence-corrected chi connectivity index (χ2v) is 5.14. The summed E-state index contributed by atoms with van der Waals surface area (Å²) in [6.45, 7) is 2.52. The normalized spacial score (nSPS) is 12.1. The van der Waals surface area contributed by atoms with Gasteiger partial charge in [-0.1, -0.05) is 37.3 Å². The molecule has 1 atom stereocenters. The lowest BCUT2D eigenvalue weighted by atomic mass is 10.1. The fraction of sp³-hybridized carbons (Fsp3) is 0.375. The van der Waals surface area contributed by atoms with Gasteiger partial charge in [0.05, 0.1) is 11.7 Å². The van der Waals surface area contributed by atoms with E-state index >= 15 is 0 Å². The SMILES string of the molecule is CCc1nn(C)cc1CNC(=O)[C@H](N)Cc1ccccc1. The van der Waals surface area contributed by atoms with E-state index in [1.807, 2.05) is 43.6 Å². The van der Waals surface area contributed by atoms with Crippen LogP contribution in [0.1, 0.15) is 23.7 Å². The van der Waals surface area contributed by atoms with E-state index in [9.17, 15) is 4.79 Å². The smallest absolute Gasteiger partial charge is 0.237 e. The fourth-order valence-electron chi connectivity index (χ4n) is 2.30. The summed E-state index contributed by atoms with van der Waals surface area (Å²) in [6.07, 6.45) is 3.32. The Morgan fingerprint density at radius 3 is 2.76 bits per heavy atom. The molecule has 3 N–H and O–H groups in total. The third-order valence-corrected chi connectivity index (χ3v) is 3.41. The van der Waals surface area contributed by atoms with E-state index in [2.05, 4.69) is 17.3 Å². The van der Waals surface area contributed by atoms with Crippen molar-refractivity contribution in [3.05, 3.63) is 53.3 Å². The number of hydrogen-bond donors (Lipinski definition) is 2. The quantitative estimate of drug-likeness (QED) is 0.837. The molecule has 0 aliphatic heterocycles. The predicted molar refractivity (Wildman–Crippen MR) is 82.6 cm³/mol. The van der Waals surface area contributed by atoms with E-state index < -0.39 is 6.04 Å². The summed E-state index contributed by atoms with van der Waals surface area (Å²) in [7, 11) is 1.88. The van der Waals surface area contributed by atoms with Crippen molar-refractivity contribution in [2.45, 2.75) is 32.4 Å². The Morgan fingerprint density at radius 1 is 1.38 bits per heavy atom. The molecule has 0 aliphatic rings. The molecule has 5 heteroatoms. The molecule has 112 valence electrons. The highest BCUT2D eigenvalue weighted by Gasteiger charge is 2.15. The number of carbonyl (C=O) groups excluding carboxylic acids is 1. The number of carbonyl (C=O) groups is 1. The maximum Gasteiger partial charge on any atom is 0.237 e. The van der Waals surface area contributed by atoms with Crippen LogP contribution in [-0.2, 0) is 31.2 Å². The van der Waals surface area contributed by atoms with Crippen molar-refractivity contribution in [2.75, 3.05) is 0 Å². The molecule has 0 bridgehead atoms. The van der Waals surface area contributed by atoms with Gasteiger partial charge in [0.15, 0.2) is 0 Å². The van der Waals surface area contributed by atoms with Crippen molar-refractivity contribution in [1.82, 2.24) is 15.1 Å².